The van der Waals surface area contributed by atoms with Crippen LogP contribution in [0.3, 0.4) is 0 Å². The highest BCUT2D eigenvalue weighted by Gasteiger charge is 2.08. The van der Waals surface area contributed by atoms with Crippen LogP contribution in [0.15, 0.2) is 48.5 Å². The minimum absolute atomic E-state index is 0.0319. The van der Waals surface area contributed by atoms with E-state index in [1.807, 2.05) is 42.3 Å². The van der Waals surface area contributed by atoms with E-state index in [4.69, 9.17) is 0 Å². The molecule has 0 saturated heterocycles. The molecule has 2 aromatic rings. The van der Waals surface area contributed by atoms with Gasteiger partial charge in [-0.2, -0.15) is 0 Å². The van der Waals surface area contributed by atoms with E-state index >= 15 is 0 Å². The molecule has 2 rings (SSSR count). The zero-order valence-electron chi connectivity index (χ0n) is 9.60. The molecule has 0 bridgehead atoms. The first-order valence-corrected chi connectivity index (χ1v) is 5.40. The molecule has 0 heterocycles. The van der Waals surface area contributed by atoms with Gasteiger partial charge < -0.3 is 10.0 Å². The first-order chi connectivity index (χ1) is 8.22. The Bertz CT molecular complexity index is 513. The molecular formula is C14H14FNO. The zero-order valence-corrected chi connectivity index (χ0v) is 9.60. The molecule has 17 heavy (non-hydrogen) atoms. The summed E-state index contributed by atoms with van der Waals surface area (Å²) in [6, 6.07) is 13.9. The summed E-state index contributed by atoms with van der Waals surface area (Å²) in [6.45, 7) is -0.0319. The van der Waals surface area contributed by atoms with Crippen LogP contribution >= 0.6 is 0 Å². The molecule has 0 fully saturated rings. The minimum atomic E-state index is -0.268. The molecule has 0 unspecified atom stereocenters. The summed E-state index contributed by atoms with van der Waals surface area (Å²) in [6.07, 6.45) is 0. The van der Waals surface area contributed by atoms with Gasteiger partial charge in [-0.05, 0) is 24.3 Å². The third kappa shape index (κ3) is 2.45. The number of rotatable bonds is 3. The standard InChI is InChI=1S/C14H14FNO/c1-16(13-7-4-6-12(15)9-13)14-8-3-2-5-11(14)10-17/h2-9,17H,10H2,1H3. The summed E-state index contributed by atoms with van der Waals surface area (Å²) in [5.74, 6) is -0.268. The molecule has 0 spiro atoms. The SMILES string of the molecule is CN(c1cccc(F)c1)c1ccccc1CO. The van der Waals surface area contributed by atoms with E-state index in [-0.39, 0.29) is 12.4 Å². The summed E-state index contributed by atoms with van der Waals surface area (Å²) < 4.78 is 13.1. The predicted octanol–water partition coefficient (Wildman–Crippen LogP) is 3.09. The number of hydrogen-bond donors (Lipinski definition) is 1. The quantitative estimate of drug-likeness (QED) is 0.877. The lowest BCUT2D eigenvalue weighted by Crippen LogP contribution is -2.11. The molecule has 0 aliphatic carbocycles. The van der Waals surface area contributed by atoms with Crippen molar-refractivity contribution in [2.24, 2.45) is 0 Å². The summed E-state index contributed by atoms with van der Waals surface area (Å²) in [4.78, 5) is 1.86. The minimum Gasteiger partial charge on any atom is -0.392 e. The van der Waals surface area contributed by atoms with Crippen LogP contribution in [0.1, 0.15) is 5.56 Å². The largest absolute Gasteiger partial charge is 0.392 e. The summed E-state index contributed by atoms with van der Waals surface area (Å²) >= 11 is 0. The van der Waals surface area contributed by atoms with Crippen LogP contribution in [0.2, 0.25) is 0 Å². The first kappa shape index (κ1) is 11.6. The lowest BCUT2D eigenvalue weighted by atomic mass is 10.1. The third-order valence-corrected chi connectivity index (χ3v) is 2.72. The number of aliphatic hydroxyl groups is 1. The van der Waals surface area contributed by atoms with Crippen molar-refractivity contribution in [2.45, 2.75) is 6.61 Å². The highest BCUT2D eigenvalue weighted by molar-refractivity contribution is 5.65. The maximum Gasteiger partial charge on any atom is 0.125 e. The number of aliphatic hydroxyl groups excluding tert-OH is 1. The monoisotopic (exact) mass is 231 g/mol. The smallest absolute Gasteiger partial charge is 0.125 e. The second kappa shape index (κ2) is 4.97. The normalized spacial score (nSPS) is 10.3. The van der Waals surface area contributed by atoms with Gasteiger partial charge in [0.1, 0.15) is 5.82 Å². The molecule has 1 N–H and O–H groups in total. The Morgan fingerprint density at radius 3 is 2.59 bits per heavy atom. The van der Waals surface area contributed by atoms with Crippen molar-refractivity contribution in [1.29, 1.82) is 0 Å². The maximum absolute atomic E-state index is 13.1. The molecule has 2 aromatic carbocycles. The summed E-state index contributed by atoms with van der Waals surface area (Å²) in [5.41, 5.74) is 2.45. The topological polar surface area (TPSA) is 23.5 Å². The molecule has 2 nitrogen and oxygen atoms in total. The van der Waals surface area contributed by atoms with Crippen molar-refractivity contribution in [1.82, 2.24) is 0 Å². The van der Waals surface area contributed by atoms with Gasteiger partial charge in [-0.15, -0.1) is 0 Å². The van der Waals surface area contributed by atoms with E-state index in [9.17, 15) is 9.50 Å². The number of benzene rings is 2. The van der Waals surface area contributed by atoms with E-state index in [1.54, 1.807) is 6.07 Å². The molecule has 88 valence electrons. The maximum atomic E-state index is 13.1. The second-order valence-corrected chi connectivity index (χ2v) is 3.83. The lowest BCUT2D eigenvalue weighted by Gasteiger charge is -2.22. The van der Waals surface area contributed by atoms with Gasteiger partial charge in [0.2, 0.25) is 0 Å². The Kier molecular flexibility index (Phi) is 3.40. The van der Waals surface area contributed by atoms with Crippen LogP contribution in [-0.4, -0.2) is 12.2 Å². The predicted molar refractivity (Wildman–Crippen MR) is 66.8 cm³/mol. The van der Waals surface area contributed by atoms with Crippen molar-refractivity contribution in [2.75, 3.05) is 11.9 Å². The van der Waals surface area contributed by atoms with E-state index in [1.165, 1.54) is 12.1 Å². The van der Waals surface area contributed by atoms with Crippen LogP contribution in [-0.2, 0) is 6.61 Å². The highest BCUT2D eigenvalue weighted by atomic mass is 19.1. The van der Waals surface area contributed by atoms with Gasteiger partial charge in [0.05, 0.1) is 6.61 Å². The van der Waals surface area contributed by atoms with Crippen molar-refractivity contribution in [3.8, 4) is 0 Å². The average Bonchev–Trinajstić information content (AvgIpc) is 2.38. The van der Waals surface area contributed by atoms with E-state index in [0.29, 0.717) is 0 Å². The van der Waals surface area contributed by atoms with Crippen molar-refractivity contribution >= 4 is 11.4 Å². The van der Waals surface area contributed by atoms with Crippen LogP contribution in [0.25, 0.3) is 0 Å². The average molecular weight is 231 g/mol. The lowest BCUT2D eigenvalue weighted by molar-refractivity contribution is 0.282. The highest BCUT2D eigenvalue weighted by Crippen LogP contribution is 2.27. The van der Waals surface area contributed by atoms with Gasteiger partial charge >= 0.3 is 0 Å². The fraction of sp³-hybridized carbons (Fsp3) is 0.143. The number of nitrogens with zero attached hydrogens (tertiary/aromatic N) is 1. The van der Waals surface area contributed by atoms with Crippen LogP contribution in [0, 0.1) is 5.82 Å². The second-order valence-electron chi connectivity index (χ2n) is 3.83. The summed E-state index contributed by atoms with van der Waals surface area (Å²) in [7, 11) is 1.85. The van der Waals surface area contributed by atoms with Gasteiger partial charge in [0, 0.05) is 24.0 Å². The molecule has 3 heteroatoms. The fourth-order valence-electron chi connectivity index (χ4n) is 1.80. The number of anilines is 2. The van der Waals surface area contributed by atoms with Gasteiger partial charge in [-0.3, -0.25) is 0 Å². The third-order valence-electron chi connectivity index (χ3n) is 2.72. The number of para-hydroxylation sites is 1. The van der Waals surface area contributed by atoms with Crippen molar-refractivity contribution < 1.29 is 9.50 Å². The molecule has 0 saturated carbocycles. The zero-order chi connectivity index (χ0) is 12.3. The summed E-state index contributed by atoms with van der Waals surface area (Å²) in [5, 5.41) is 9.27. The molecule has 0 aliphatic heterocycles. The van der Waals surface area contributed by atoms with Gasteiger partial charge in [-0.25, -0.2) is 4.39 Å². The van der Waals surface area contributed by atoms with Gasteiger partial charge in [-0.1, -0.05) is 24.3 Å². The molecule has 0 atom stereocenters. The Hall–Kier alpha value is -1.87. The molecule has 0 radical (unpaired) electrons. The Labute approximate surface area is 99.9 Å². The van der Waals surface area contributed by atoms with Crippen LogP contribution in [0.4, 0.5) is 15.8 Å². The molecule has 0 aromatic heterocycles. The van der Waals surface area contributed by atoms with Crippen molar-refractivity contribution in [3.63, 3.8) is 0 Å². The molecule has 0 aliphatic rings. The van der Waals surface area contributed by atoms with Gasteiger partial charge in [0.25, 0.3) is 0 Å². The Morgan fingerprint density at radius 2 is 1.88 bits per heavy atom. The molecule has 0 amide bonds. The Balaban J connectivity index is 2.40. The fourth-order valence-corrected chi connectivity index (χ4v) is 1.80. The van der Waals surface area contributed by atoms with Crippen LogP contribution in [0.5, 0.6) is 0 Å². The molecular weight excluding hydrogens is 217 g/mol. The Morgan fingerprint density at radius 1 is 1.12 bits per heavy atom. The number of hydrogen-bond acceptors (Lipinski definition) is 2. The first-order valence-electron chi connectivity index (χ1n) is 5.40. The van der Waals surface area contributed by atoms with Gasteiger partial charge in [0.15, 0.2) is 0 Å². The van der Waals surface area contributed by atoms with E-state index in [0.717, 1.165) is 16.9 Å². The van der Waals surface area contributed by atoms with Crippen molar-refractivity contribution in [3.05, 3.63) is 59.9 Å². The number of halogens is 1. The van der Waals surface area contributed by atoms with Crippen LogP contribution < -0.4 is 4.90 Å². The van der Waals surface area contributed by atoms with E-state index < -0.39 is 0 Å². The van der Waals surface area contributed by atoms with E-state index in [2.05, 4.69) is 0 Å².